The Hall–Kier alpha value is -4.30. The van der Waals surface area contributed by atoms with Gasteiger partial charge in [0.05, 0.1) is 11.1 Å². The molecule has 3 aromatic carbocycles. The van der Waals surface area contributed by atoms with E-state index in [2.05, 4.69) is 5.32 Å². The molecule has 222 valence electrons. The Kier molecular flexibility index (Phi) is 13.4. The van der Waals surface area contributed by atoms with Crippen LogP contribution in [0.15, 0.2) is 78.9 Å². The molecule has 0 amide bonds. The fourth-order valence-electron chi connectivity index (χ4n) is 4.37. The Bertz CT molecular complexity index is 1300. The van der Waals surface area contributed by atoms with Crippen molar-refractivity contribution in [2.75, 3.05) is 19.7 Å². The predicted octanol–water partition coefficient (Wildman–Crippen LogP) is 5.47. The summed E-state index contributed by atoms with van der Waals surface area (Å²) in [4.78, 5) is 48.9. The summed E-state index contributed by atoms with van der Waals surface area (Å²) in [6.07, 6.45) is 2.16. The molecule has 0 aliphatic heterocycles. The van der Waals surface area contributed by atoms with E-state index in [1.54, 1.807) is 36.4 Å². The zero-order chi connectivity index (χ0) is 30.2. The Morgan fingerprint density at radius 2 is 1.55 bits per heavy atom. The van der Waals surface area contributed by atoms with Gasteiger partial charge in [-0.3, -0.25) is 14.4 Å². The molecule has 0 fully saturated rings. The van der Waals surface area contributed by atoms with E-state index in [0.717, 1.165) is 24.1 Å². The van der Waals surface area contributed by atoms with Crippen LogP contribution in [0.4, 0.5) is 0 Å². The highest BCUT2D eigenvalue weighted by molar-refractivity contribution is 5.98. The third kappa shape index (κ3) is 11.3. The van der Waals surface area contributed by atoms with E-state index in [-0.39, 0.29) is 43.0 Å². The molecule has 8 nitrogen and oxygen atoms in total. The lowest BCUT2D eigenvalue weighted by atomic mass is 10.0. The average molecular weight is 574 g/mol. The second kappa shape index (κ2) is 17.5. The maximum atomic E-state index is 13.0. The average Bonchev–Trinajstić information content (AvgIpc) is 2.99. The molecule has 3 aromatic rings. The van der Waals surface area contributed by atoms with Crippen LogP contribution in [-0.4, -0.2) is 54.4 Å². The molecule has 3 rings (SSSR count). The van der Waals surface area contributed by atoms with Crippen LogP contribution in [0, 0.1) is 0 Å². The maximum absolute atomic E-state index is 13.0. The van der Waals surface area contributed by atoms with Crippen molar-refractivity contribution in [2.24, 2.45) is 0 Å². The lowest BCUT2D eigenvalue weighted by molar-refractivity contribution is -0.150. The number of carbonyl (C=O) groups excluding carboxylic acids is 3. The minimum Gasteiger partial charge on any atom is -0.489 e. The Morgan fingerprint density at radius 1 is 0.833 bits per heavy atom. The van der Waals surface area contributed by atoms with Gasteiger partial charge in [0.1, 0.15) is 24.2 Å². The van der Waals surface area contributed by atoms with Crippen LogP contribution < -0.4 is 10.1 Å². The molecule has 0 aliphatic rings. The number of carboxylic acids is 1. The van der Waals surface area contributed by atoms with Crippen LogP contribution in [-0.2, 0) is 27.2 Å². The van der Waals surface area contributed by atoms with Crippen molar-refractivity contribution in [2.45, 2.75) is 58.0 Å². The molecule has 0 radical (unpaired) electrons. The fourth-order valence-corrected chi connectivity index (χ4v) is 4.37. The highest BCUT2D eigenvalue weighted by atomic mass is 16.6. The van der Waals surface area contributed by atoms with Crippen LogP contribution in [0.2, 0.25) is 0 Å². The lowest BCUT2D eigenvalue weighted by Crippen LogP contribution is -2.36. The number of aryl methyl sites for hydroxylation is 1. The monoisotopic (exact) mass is 573 g/mol. The van der Waals surface area contributed by atoms with Crippen LogP contribution in [0.1, 0.15) is 70.9 Å². The first-order chi connectivity index (χ1) is 20.4. The second-order valence-electron chi connectivity index (χ2n) is 10.1. The Labute approximate surface area is 247 Å². The number of benzene rings is 3. The minimum absolute atomic E-state index is 0.0189. The fraction of sp³-hybridized carbons (Fsp3) is 0.353. The number of hydrogen-bond donors (Lipinski definition) is 2. The molecule has 0 aliphatic carbocycles. The summed E-state index contributed by atoms with van der Waals surface area (Å²) in [5.41, 5.74) is 2.48. The summed E-state index contributed by atoms with van der Waals surface area (Å²) in [5.74, 6) is -1.04. The molecule has 0 bridgehead atoms. The first-order valence-corrected chi connectivity index (χ1v) is 14.4. The standard InChI is InChI=1S/C34H39NO7/c1-2-21-35-23-29(42-33(38)14-8-11-28(36)22-26-15-18-27(19-16-26)34(39)40)24-41-32-13-7-6-12-30(32)31(37)20-17-25-9-4-3-5-10-25/h3-7,9-10,12-13,15-16,18-19,29,35H,2,8,11,14,17,20-24H2,1H3,(H,39,40). The van der Waals surface area contributed by atoms with E-state index in [0.29, 0.717) is 37.1 Å². The van der Waals surface area contributed by atoms with Crippen molar-refractivity contribution in [1.29, 1.82) is 0 Å². The molecule has 0 spiro atoms. The Morgan fingerprint density at radius 3 is 2.26 bits per heavy atom. The van der Waals surface area contributed by atoms with Crippen molar-refractivity contribution in [1.82, 2.24) is 5.32 Å². The SMILES string of the molecule is CCCNCC(COc1ccccc1C(=O)CCc1ccccc1)OC(=O)CCCC(=O)Cc1ccc(C(=O)O)cc1. The van der Waals surface area contributed by atoms with Crippen LogP contribution in [0.25, 0.3) is 0 Å². The van der Waals surface area contributed by atoms with E-state index in [1.165, 1.54) is 12.1 Å². The number of nitrogens with one attached hydrogen (secondary N) is 1. The van der Waals surface area contributed by atoms with Gasteiger partial charge in [-0.15, -0.1) is 0 Å². The van der Waals surface area contributed by atoms with Gasteiger partial charge in [-0.2, -0.15) is 0 Å². The molecular weight excluding hydrogens is 534 g/mol. The summed E-state index contributed by atoms with van der Waals surface area (Å²) in [7, 11) is 0. The molecule has 1 unspecified atom stereocenters. The number of ketones is 2. The molecule has 1 atom stereocenters. The van der Waals surface area contributed by atoms with Gasteiger partial charge in [-0.25, -0.2) is 4.79 Å². The van der Waals surface area contributed by atoms with E-state index < -0.39 is 18.0 Å². The first-order valence-electron chi connectivity index (χ1n) is 14.4. The molecule has 8 heteroatoms. The third-order valence-corrected chi connectivity index (χ3v) is 6.63. The zero-order valence-corrected chi connectivity index (χ0v) is 24.1. The number of hydrogen-bond acceptors (Lipinski definition) is 7. The van der Waals surface area contributed by atoms with E-state index in [4.69, 9.17) is 14.6 Å². The number of Topliss-reactive ketones (excluding diaryl/α,β-unsaturated/α-hetero) is 2. The van der Waals surface area contributed by atoms with Gasteiger partial charge in [0.15, 0.2) is 5.78 Å². The molecular formula is C34H39NO7. The topological polar surface area (TPSA) is 119 Å². The van der Waals surface area contributed by atoms with E-state index in [1.807, 2.05) is 37.3 Å². The predicted molar refractivity (Wildman–Crippen MR) is 160 cm³/mol. The van der Waals surface area contributed by atoms with Crippen molar-refractivity contribution < 1.29 is 33.8 Å². The van der Waals surface area contributed by atoms with Gasteiger partial charge < -0.3 is 19.9 Å². The number of carboxylic acid groups (broad SMARTS) is 1. The van der Waals surface area contributed by atoms with Gasteiger partial charge in [-0.1, -0.05) is 61.5 Å². The molecule has 0 aromatic heterocycles. The van der Waals surface area contributed by atoms with Gasteiger partial charge in [-0.05, 0) is 61.2 Å². The van der Waals surface area contributed by atoms with Crippen molar-refractivity contribution >= 4 is 23.5 Å². The number of rotatable bonds is 19. The lowest BCUT2D eigenvalue weighted by Gasteiger charge is -2.20. The molecule has 0 saturated carbocycles. The van der Waals surface area contributed by atoms with Crippen LogP contribution in [0.3, 0.4) is 0 Å². The molecule has 2 N–H and O–H groups in total. The minimum atomic E-state index is -1.02. The number of aromatic carboxylic acids is 1. The summed E-state index contributed by atoms with van der Waals surface area (Å²) < 4.78 is 11.7. The first kappa shape index (κ1) is 32.2. The van der Waals surface area contributed by atoms with E-state index >= 15 is 0 Å². The number of ether oxygens (including phenoxy) is 2. The number of esters is 1. The highest BCUT2D eigenvalue weighted by Gasteiger charge is 2.18. The quantitative estimate of drug-likeness (QED) is 0.110. The largest absolute Gasteiger partial charge is 0.489 e. The summed E-state index contributed by atoms with van der Waals surface area (Å²) >= 11 is 0. The van der Waals surface area contributed by atoms with Crippen molar-refractivity contribution in [3.8, 4) is 5.75 Å². The smallest absolute Gasteiger partial charge is 0.335 e. The third-order valence-electron chi connectivity index (χ3n) is 6.63. The zero-order valence-electron chi connectivity index (χ0n) is 24.1. The van der Waals surface area contributed by atoms with Crippen LogP contribution >= 0.6 is 0 Å². The van der Waals surface area contributed by atoms with Crippen molar-refractivity contribution in [3.63, 3.8) is 0 Å². The molecule has 0 heterocycles. The van der Waals surface area contributed by atoms with Gasteiger partial charge in [0.2, 0.25) is 0 Å². The molecule has 42 heavy (non-hydrogen) atoms. The maximum Gasteiger partial charge on any atom is 0.335 e. The summed E-state index contributed by atoms with van der Waals surface area (Å²) in [5, 5.41) is 12.2. The van der Waals surface area contributed by atoms with Gasteiger partial charge in [0, 0.05) is 32.2 Å². The Balaban J connectivity index is 1.48. The number of carbonyl (C=O) groups is 4. The van der Waals surface area contributed by atoms with Gasteiger partial charge >= 0.3 is 11.9 Å². The summed E-state index contributed by atoms with van der Waals surface area (Å²) in [6, 6.07) is 23.1. The van der Waals surface area contributed by atoms with Crippen molar-refractivity contribution in [3.05, 3.63) is 101 Å². The molecule has 0 saturated heterocycles. The second-order valence-corrected chi connectivity index (χ2v) is 10.1. The highest BCUT2D eigenvalue weighted by Crippen LogP contribution is 2.21. The normalized spacial score (nSPS) is 11.5. The van der Waals surface area contributed by atoms with Gasteiger partial charge in [0.25, 0.3) is 0 Å². The van der Waals surface area contributed by atoms with Crippen LogP contribution in [0.5, 0.6) is 5.75 Å². The summed E-state index contributed by atoms with van der Waals surface area (Å²) in [6.45, 7) is 3.27. The number of para-hydroxylation sites is 1. The van der Waals surface area contributed by atoms with E-state index in [9.17, 15) is 19.2 Å².